The van der Waals surface area contributed by atoms with E-state index in [-0.39, 0.29) is 24.3 Å². The Labute approximate surface area is 134 Å². The summed E-state index contributed by atoms with van der Waals surface area (Å²) in [5.74, 6) is -0.0312. The maximum Gasteiger partial charge on any atom is 0.248 e. The quantitative estimate of drug-likeness (QED) is 0.813. The van der Waals surface area contributed by atoms with Gasteiger partial charge in [-0.25, -0.2) is 4.98 Å². The molecular weight excluding hydrogens is 302 g/mol. The van der Waals surface area contributed by atoms with Crippen molar-refractivity contribution in [1.82, 2.24) is 9.88 Å². The molecule has 7 heteroatoms. The number of piperidine rings is 1. The molecule has 2 amide bonds. The molecule has 2 heterocycles. The number of carbonyl (C=O) groups is 2. The summed E-state index contributed by atoms with van der Waals surface area (Å²) in [6.07, 6.45) is 2.29. The number of ether oxygens (including phenoxy) is 1. The maximum absolute atomic E-state index is 12.2. The SMILES string of the molecule is CCCOCC(=O)N1CCC(C(=O)Nc2nc(C)cs2)CC1. The van der Waals surface area contributed by atoms with Gasteiger partial charge < -0.3 is 15.0 Å². The molecule has 0 radical (unpaired) electrons. The van der Waals surface area contributed by atoms with Crippen molar-refractivity contribution in [2.24, 2.45) is 5.92 Å². The standard InChI is InChI=1S/C15H23N3O3S/c1-3-8-21-9-13(19)18-6-4-12(5-7-18)14(20)17-15-16-11(2)10-22-15/h10,12H,3-9H2,1-2H3,(H,16,17,20). The molecule has 6 nitrogen and oxygen atoms in total. The van der Waals surface area contributed by atoms with E-state index in [4.69, 9.17) is 4.74 Å². The molecule has 0 saturated carbocycles. The van der Waals surface area contributed by atoms with Crippen molar-refractivity contribution in [2.45, 2.75) is 33.1 Å². The van der Waals surface area contributed by atoms with Gasteiger partial charge in [-0.1, -0.05) is 6.92 Å². The normalized spacial score (nSPS) is 15.8. The molecule has 0 unspecified atom stereocenters. The van der Waals surface area contributed by atoms with Gasteiger partial charge >= 0.3 is 0 Å². The number of amides is 2. The third-order valence-corrected chi connectivity index (χ3v) is 4.52. The topological polar surface area (TPSA) is 71.5 Å². The molecule has 122 valence electrons. The van der Waals surface area contributed by atoms with Gasteiger partial charge in [-0.15, -0.1) is 11.3 Å². The van der Waals surface area contributed by atoms with E-state index in [9.17, 15) is 9.59 Å². The van der Waals surface area contributed by atoms with Gasteiger partial charge in [0.05, 0.1) is 5.69 Å². The molecule has 1 aliphatic rings. The molecule has 22 heavy (non-hydrogen) atoms. The van der Waals surface area contributed by atoms with Crippen LogP contribution < -0.4 is 5.32 Å². The van der Waals surface area contributed by atoms with Gasteiger partial charge in [0.2, 0.25) is 11.8 Å². The summed E-state index contributed by atoms with van der Waals surface area (Å²) in [6.45, 7) is 5.89. The van der Waals surface area contributed by atoms with Crippen LogP contribution in [0.25, 0.3) is 0 Å². The van der Waals surface area contributed by atoms with Crippen LogP contribution in [0.5, 0.6) is 0 Å². The zero-order valence-electron chi connectivity index (χ0n) is 13.1. The summed E-state index contributed by atoms with van der Waals surface area (Å²) in [6, 6.07) is 0. The average Bonchev–Trinajstić information content (AvgIpc) is 2.92. The first-order valence-electron chi connectivity index (χ1n) is 7.68. The first kappa shape index (κ1) is 16.9. The predicted molar refractivity (Wildman–Crippen MR) is 85.9 cm³/mol. The molecule has 1 aromatic heterocycles. The summed E-state index contributed by atoms with van der Waals surface area (Å²) < 4.78 is 5.28. The smallest absolute Gasteiger partial charge is 0.248 e. The first-order chi connectivity index (χ1) is 10.6. The number of likely N-dealkylation sites (tertiary alicyclic amines) is 1. The van der Waals surface area contributed by atoms with Crippen LogP contribution in [0.15, 0.2) is 5.38 Å². The fraction of sp³-hybridized carbons (Fsp3) is 0.667. The van der Waals surface area contributed by atoms with Crippen LogP contribution in [0.2, 0.25) is 0 Å². The molecule has 1 saturated heterocycles. The fourth-order valence-electron chi connectivity index (χ4n) is 2.41. The van der Waals surface area contributed by atoms with E-state index >= 15 is 0 Å². The van der Waals surface area contributed by atoms with Crippen LogP contribution in [0.1, 0.15) is 31.9 Å². The molecule has 0 aliphatic carbocycles. The Balaban J connectivity index is 1.74. The second-order valence-corrected chi connectivity index (χ2v) is 6.35. The molecule has 1 aliphatic heterocycles. The van der Waals surface area contributed by atoms with Crippen LogP contribution in [-0.2, 0) is 14.3 Å². The molecule has 0 bridgehead atoms. The van der Waals surface area contributed by atoms with Crippen molar-refractivity contribution in [2.75, 3.05) is 31.6 Å². The van der Waals surface area contributed by atoms with E-state index in [0.717, 1.165) is 12.1 Å². The van der Waals surface area contributed by atoms with Crippen LogP contribution in [-0.4, -0.2) is 48.0 Å². The Morgan fingerprint density at radius 2 is 2.18 bits per heavy atom. The highest BCUT2D eigenvalue weighted by Gasteiger charge is 2.27. The Bertz CT molecular complexity index is 510. The van der Waals surface area contributed by atoms with E-state index < -0.39 is 0 Å². The number of rotatable bonds is 6. The van der Waals surface area contributed by atoms with Gasteiger partial charge in [0, 0.05) is 31.0 Å². The van der Waals surface area contributed by atoms with E-state index in [1.807, 2.05) is 19.2 Å². The van der Waals surface area contributed by atoms with Crippen molar-refractivity contribution in [1.29, 1.82) is 0 Å². The van der Waals surface area contributed by atoms with Crippen LogP contribution in [0.4, 0.5) is 5.13 Å². The van der Waals surface area contributed by atoms with Crippen LogP contribution >= 0.6 is 11.3 Å². The molecular formula is C15H23N3O3S. The Morgan fingerprint density at radius 1 is 1.45 bits per heavy atom. The molecule has 2 rings (SSSR count). The Hall–Kier alpha value is -1.47. The minimum absolute atomic E-state index is 0.00341. The number of hydrogen-bond donors (Lipinski definition) is 1. The van der Waals surface area contributed by atoms with Crippen LogP contribution in [0, 0.1) is 12.8 Å². The van der Waals surface area contributed by atoms with Gasteiger partial charge in [0.1, 0.15) is 6.61 Å². The lowest BCUT2D eigenvalue weighted by Crippen LogP contribution is -2.43. The van der Waals surface area contributed by atoms with Gasteiger partial charge in [-0.3, -0.25) is 9.59 Å². The number of thiazole rings is 1. The Morgan fingerprint density at radius 3 is 2.77 bits per heavy atom. The highest BCUT2D eigenvalue weighted by molar-refractivity contribution is 7.13. The van der Waals surface area contributed by atoms with Gasteiger partial charge in [-0.05, 0) is 26.2 Å². The number of carbonyl (C=O) groups excluding carboxylic acids is 2. The summed E-state index contributed by atoms with van der Waals surface area (Å²) >= 11 is 1.43. The lowest BCUT2D eigenvalue weighted by atomic mass is 9.96. The van der Waals surface area contributed by atoms with Crippen molar-refractivity contribution < 1.29 is 14.3 Å². The molecule has 1 N–H and O–H groups in total. The number of anilines is 1. The fourth-order valence-corrected chi connectivity index (χ4v) is 3.10. The lowest BCUT2D eigenvalue weighted by Gasteiger charge is -2.31. The predicted octanol–water partition coefficient (Wildman–Crippen LogP) is 2.06. The Kier molecular flexibility index (Phi) is 6.33. The first-order valence-corrected chi connectivity index (χ1v) is 8.56. The van der Waals surface area contributed by atoms with Crippen molar-refractivity contribution >= 4 is 28.3 Å². The van der Waals surface area contributed by atoms with Crippen molar-refractivity contribution in [3.63, 3.8) is 0 Å². The minimum atomic E-state index is -0.0511. The summed E-state index contributed by atoms with van der Waals surface area (Å²) in [5, 5.41) is 5.42. The van der Waals surface area contributed by atoms with Gasteiger partial charge in [0.25, 0.3) is 0 Å². The average molecular weight is 325 g/mol. The molecule has 0 atom stereocenters. The van der Waals surface area contributed by atoms with Crippen LogP contribution in [0.3, 0.4) is 0 Å². The molecule has 0 aromatic carbocycles. The van der Waals surface area contributed by atoms with E-state index in [1.165, 1.54) is 11.3 Å². The second-order valence-electron chi connectivity index (χ2n) is 5.49. The number of aromatic nitrogens is 1. The third-order valence-electron chi connectivity index (χ3n) is 3.64. The molecule has 1 aromatic rings. The second kappa shape index (κ2) is 8.24. The zero-order valence-corrected chi connectivity index (χ0v) is 13.9. The van der Waals surface area contributed by atoms with Gasteiger partial charge in [0.15, 0.2) is 5.13 Å². The zero-order chi connectivity index (χ0) is 15.9. The highest BCUT2D eigenvalue weighted by Crippen LogP contribution is 2.21. The summed E-state index contributed by atoms with van der Waals surface area (Å²) in [7, 11) is 0. The summed E-state index contributed by atoms with van der Waals surface area (Å²) in [5.41, 5.74) is 0.910. The highest BCUT2D eigenvalue weighted by atomic mass is 32.1. The third kappa shape index (κ3) is 4.78. The molecule has 0 spiro atoms. The number of nitrogens with zero attached hydrogens (tertiary/aromatic N) is 2. The van der Waals surface area contributed by atoms with Gasteiger partial charge in [-0.2, -0.15) is 0 Å². The van der Waals surface area contributed by atoms with E-state index in [2.05, 4.69) is 10.3 Å². The van der Waals surface area contributed by atoms with Crippen molar-refractivity contribution in [3.05, 3.63) is 11.1 Å². The minimum Gasteiger partial charge on any atom is -0.372 e. The van der Waals surface area contributed by atoms with Crippen molar-refractivity contribution in [3.8, 4) is 0 Å². The lowest BCUT2D eigenvalue weighted by molar-refractivity contribution is -0.138. The number of aryl methyl sites for hydroxylation is 1. The summed E-state index contributed by atoms with van der Waals surface area (Å²) in [4.78, 5) is 30.1. The van der Waals surface area contributed by atoms with E-state index in [0.29, 0.717) is 37.7 Å². The number of nitrogens with one attached hydrogen (secondary N) is 1. The largest absolute Gasteiger partial charge is 0.372 e. The van der Waals surface area contributed by atoms with E-state index in [1.54, 1.807) is 4.90 Å². The maximum atomic E-state index is 12.2. The monoisotopic (exact) mass is 325 g/mol. The molecule has 1 fully saturated rings. The number of hydrogen-bond acceptors (Lipinski definition) is 5.